The first-order valence-corrected chi connectivity index (χ1v) is 10.7. The van der Waals surface area contributed by atoms with Crippen molar-refractivity contribution in [2.75, 3.05) is 26.1 Å². The summed E-state index contributed by atoms with van der Waals surface area (Å²) in [6.07, 6.45) is 4.85. The predicted octanol–water partition coefficient (Wildman–Crippen LogP) is 4.39. The van der Waals surface area contributed by atoms with Gasteiger partial charge in [0.15, 0.2) is 11.5 Å². The fourth-order valence-corrected chi connectivity index (χ4v) is 4.85. The van der Waals surface area contributed by atoms with Crippen LogP contribution in [0, 0.1) is 0 Å². The molecule has 1 aliphatic carbocycles. The molecule has 0 aliphatic heterocycles. The van der Waals surface area contributed by atoms with E-state index in [9.17, 15) is 9.59 Å². The third-order valence-electron chi connectivity index (χ3n) is 4.99. The van der Waals surface area contributed by atoms with Gasteiger partial charge in [0.1, 0.15) is 5.00 Å². The van der Waals surface area contributed by atoms with E-state index in [0.717, 1.165) is 36.8 Å². The number of benzene rings is 1. The molecule has 0 fully saturated rings. The minimum Gasteiger partial charge on any atom is -0.493 e. The number of thiophene rings is 1. The van der Waals surface area contributed by atoms with Crippen LogP contribution in [0.4, 0.5) is 5.00 Å². The molecular weight excluding hydrogens is 390 g/mol. The molecule has 0 saturated carbocycles. The van der Waals surface area contributed by atoms with Crippen molar-refractivity contribution >= 4 is 28.2 Å². The molecule has 0 saturated heterocycles. The third-order valence-corrected chi connectivity index (χ3v) is 6.20. The highest BCUT2D eigenvalue weighted by Gasteiger charge is 2.27. The van der Waals surface area contributed by atoms with Gasteiger partial charge in [-0.1, -0.05) is 6.07 Å². The van der Waals surface area contributed by atoms with E-state index in [1.807, 2.05) is 18.2 Å². The van der Waals surface area contributed by atoms with Crippen LogP contribution in [-0.2, 0) is 28.8 Å². The molecule has 1 heterocycles. The zero-order valence-electron chi connectivity index (χ0n) is 17.1. The normalized spacial score (nSPS) is 12.8. The lowest BCUT2D eigenvalue weighted by Gasteiger charge is -2.12. The van der Waals surface area contributed by atoms with Crippen molar-refractivity contribution < 1.29 is 23.8 Å². The Hall–Kier alpha value is -2.54. The van der Waals surface area contributed by atoms with Gasteiger partial charge in [-0.15, -0.1) is 11.3 Å². The van der Waals surface area contributed by atoms with Gasteiger partial charge < -0.3 is 19.5 Å². The molecule has 3 rings (SSSR count). The lowest BCUT2D eigenvalue weighted by Crippen LogP contribution is -2.16. The average Bonchev–Trinajstić information content (AvgIpc) is 3.09. The standard InChI is InChI=1S/C22H27NO5S/c1-4-28-22(25)20-15-7-5-6-8-18(15)29-21(20)23-19(24)12-10-14-9-11-16(26-2)17(13-14)27-3/h9,11,13H,4-8,10,12H2,1-3H3,(H,23,24). The number of carbonyl (C=O) groups is 2. The zero-order chi connectivity index (χ0) is 20.8. The second kappa shape index (κ2) is 9.78. The van der Waals surface area contributed by atoms with E-state index < -0.39 is 0 Å². The Morgan fingerprint density at radius 3 is 2.59 bits per heavy atom. The van der Waals surface area contributed by atoms with E-state index in [-0.39, 0.29) is 11.9 Å². The van der Waals surface area contributed by atoms with Crippen LogP contribution < -0.4 is 14.8 Å². The number of aryl methyl sites for hydroxylation is 2. The van der Waals surface area contributed by atoms with Crippen LogP contribution in [0.5, 0.6) is 11.5 Å². The first-order chi connectivity index (χ1) is 14.1. The Morgan fingerprint density at radius 1 is 1.10 bits per heavy atom. The maximum atomic E-state index is 12.6. The van der Waals surface area contributed by atoms with E-state index >= 15 is 0 Å². The van der Waals surface area contributed by atoms with E-state index in [2.05, 4.69) is 5.32 Å². The molecule has 7 heteroatoms. The van der Waals surface area contributed by atoms with Gasteiger partial charge in [0.2, 0.25) is 5.91 Å². The van der Waals surface area contributed by atoms with Gasteiger partial charge in [0.25, 0.3) is 0 Å². The number of amides is 1. The van der Waals surface area contributed by atoms with E-state index in [0.29, 0.717) is 41.5 Å². The number of anilines is 1. The maximum absolute atomic E-state index is 12.6. The van der Waals surface area contributed by atoms with Crippen LogP contribution >= 0.6 is 11.3 Å². The summed E-state index contributed by atoms with van der Waals surface area (Å²) in [4.78, 5) is 26.3. The Labute approximate surface area is 175 Å². The smallest absolute Gasteiger partial charge is 0.341 e. The van der Waals surface area contributed by atoms with E-state index in [4.69, 9.17) is 14.2 Å². The van der Waals surface area contributed by atoms with Gasteiger partial charge in [-0.3, -0.25) is 4.79 Å². The summed E-state index contributed by atoms with van der Waals surface area (Å²) < 4.78 is 15.8. The third kappa shape index (κ3) is 4.90. The van der Waals surface area contributed by atoms with Crippen LogP contribution in [0.1, 0.15) is 52.5 Å². The van der Waals surface area contributed by atoms with Crippen LogP contribution in [0.2, 0.25) is 0 Å². The van der Waals surface area contributed by atoms with Gasteiger partial charge in [0, 0.05) is 11.3 Å². The summed E-state index contributed by atoms with van der Waals surface area (Å²) in [7, 11) is 3.18. The maximum Gasteiger partial charge on any atom is 0.341 e. The predicted molar refractivity (Wildman–Crippen MR) is 113 cm³/mol. The van der Waals surface area contributed by atoms with Gasteiger partial charge in [-0.2, -0.15) is 0 Å². The van der Waals surface area contributed by atoms with Crippen molar-refractivity contribution in [3.63, 3.8) is 0 Å². The number of methoxy groups -OCH3 is 2. The van der Waals surface area contributed by atoms with E-state index in [1.54, 1.807) is 21.1 Å². The molecule has 0 radical (unpaired) electrons. The molecule has 1 amide bonds. The Kier molecular flexibility index (Phi) is 7.14. The van der Waals surface area contributed by atoms with Crippen molar-refractivity contribution in [2.24, 2.45) is 0 Å². The molecule has 0 spiro atoms. The van der Waals surface area contributed by atoms with Gasteiger partial charge in [0.05, 0.1) is 26.4 Å². The lowest BCUT2D eigenvalue weighted by atomic mass is 9.95. The highest BCUT2D eigenvalue weighted by atomic mass is 32.1. The number of ether oxygens (including phenoxy) is 3. The summed E-state index contributed by atoms with van der Waals surface area (Å²) >= 11 is 1.51. The van der Waals surface area contributed by atoms with Crippen LogP contribution in [0.15, 0.2) is 18.2 Å². The topological polar surface area (TPSA) is 73.9 Å². The van der Waals surface area contributed by atoms with E-state index in [1.165, 1.54) is 16.2 Å². The minimum absolute atomic E-state index is 0.121. The first-order valence-electron chi connectivity index (χ1n) is 9.89. The molecule has 156 valence electrons. The molecule has 1 aromatic carbocycles. The highest BCUT2D eigenvalue weighted by molar-refractivity contribution is 7.17. The molecule has 0 bridgehead atoms. The van der Waals surface area contributed by atoms with Gasteiger partial charge >= 0.3 is 5.97 Å². The molecule has 1 aromatic heterocycles. The SMILES string of the molecule is CCOC(=O)c1c(NC(=O)CCc2ccc(OC)c(OC)c2)sc2c1CCCC2. The zero-order valence-corrected chi connectivity index (χ0v) is 17.9. The van der Waals surface area contributed by atoms with Gasteiger partial charge in [-0.25, -0.2) is 4.79 Å². The molecule has 1 aliphatic rings. The van der Waals surface area contributed by atoms with Crippen LogP contribution in [0.3, 0.4) is 0 Å². The quantitative estimate of drug-likeness (QED) is 0.645. The van der Waals surface area contributed by atoms with Gasteiger partial charge in [-0.05, 0) is 62.3 Å². The lowest BCUT2D eigenvalue weighted by molar-refractivity contribution is -0.116. The second-order valence-electron chi connectivity index (χ2n) is 6.87. The van der Waals surface area contributed by atoms with Crippen molar-refractivity contribution in [1.29, 1.82) is 0 Å². The largest absolute Gasteiger partial charge is 0.493 e. The summed E-state index contributed by atoms with van der Waals surface area (Å²) in [6, 6.07) is 5.63. The Morgan fingerprint density at radius 2 is 1.86 bits per heavy atom. The highest BCUT2D eigenvalue weighted by Crippen LogP contribution is 2.38. The molecule has 29 heavy (non-hydrogen) atoms. The number of carbonyl (C=O) groups excluding carboxylic acids is 2. The molecule has 6 nitrogen and oxygen atoms in total. The first kappa shape index (κ1) is 21.2. The number of hydrogen-bond acceptors (Lipinski definition) is 6. The summed E-state index contributed by atoms with van der Waals surface area (Å²) in [5, 5.41) is 3.57. The second-order valence-corrected chi connectivity index (χ2v) is 7.98. The summed E-state index contributed by atoms with van der Waals surface area (Å²) in [6.45, 7) is 2.11. The van der Waals surface area contributed by atoms with Crippen LogP contribution in [-0.4, -0.2) is 32.7 Å². The molecule has 2 aromatic rings. The number of fused-ring (bicyclic) bond motifs is 1. The molecular formula is C22H27NO5S. The molecule has 0 atom stereocenters. The van der Waals surface area contributed by atoms with Crippen molar-refractivity contribution in [3.05, 3.63) is 39.8 Å². The number of rotatable bonds is 8. The van der Waals surface area contributed by atoms with Crippen molar-refractivity contribution in [1.82, 2.24) is 0 Å². The van der Waals surface area contributed by atoms with Crippen LogP contribution in [0.25, 0.3) is 0 Å². The van der Waals surface area contributed by atoms with Crippen molar-refractivity contribution in [3.8, 4) is 11.5 Å². The fraction of sp³-hybridized carbons (Fsp3) is 0.455. The Bertz CT molecular complexity index is 890. The summed E-state index contributed by atoms with van der Waals surface area (Å²) in [5.41, 5.74) is 2.58. The minimum atomic E-state index is -0.345. The number of hydrogen-bond donors (Lipinski definition) is 1. The molecule has 1 N–H and O–H groups in total. The van der Waals surface area contributed by atoms with Crippen molar-refractivity contribution in [2.45, 2.75) is 45.4 Å². The number of nitrogens with one attached hydrogen (secondary N) is 1. The molecule has 0 unspecified atom stereocenters. The monoisotopic (exact) mass is 417 g/mol. The summed E-state index contributed by atoms with van der Waals surface area (Å²) in [5.74, 6) is 0.830. The average molecular weight is 418 g/mol. The fourth-order valence-electron chi connectivity index (χ4n) is 3.56. The number of esters is 1. The Balaban J connectivity index is 1.70.